The number of carbonyl (C=O) groups is 1. The summed E-state index contributed by atoms with van der Waals surface area (Å²) >= 11 is 0. The number of rotatable bonds is 2. The Labute approximate surface area is 85.4 Å². The van der Waals surface area contributed by atoms with E-state index in [0.29, 0.717) is 5.52 Å². The van der Waals surface area contributed by atoms with E-state index in [4.69, 9.17) is 5.11 Å². The molecule has 4 heteroatoms. The van der Waals surface area contributed by atoms with Crippen LogP contribution in [0.25, 0.3) is 10.9 Å². The molecule has 0 radical (unpaired) electrons. The van der Waals surface area contributed by atoms with Crippen LogP contribution in [0.15, 0.2) is 41.2 Å². The second-order valence-electron chi connectivity index (χ2n) is 3.21. The summed E-state index contributed by atoms with van der Waals surface area (Å²) in [6, 6.07) is 10.3. The molecule has 1 N–H and O–H groups in total. The van der Waals surface area contributed by atoms with E-state index in [-0.39, 0.29) is 12.1 Å². The molecule has 1 heterocycles. The highest BCUT2D eigenvalue weighted by Gasteiger charge is 2.05. The van der Waals surface area contributed by atoms with Gasteiger partial charge in [-0.25, -0.2) is 0 Å². The average Bonchev–Trinajstić information content (AvgIpc) is 2.22. The number of nitrogens with zero attached hydrogens (tertiary/aromatic N) is 1. The summed E-state index contributed by atoms with van der Waals surface area (Å²) in [5.74, 6) is -1.02. The Balaban J connectivity index is 2.74. The molecule has 0 atom stereocenters. The predicted octanol–water partition coefficient (Wildman–Crippen LogP) is 1.09. The monoisotopic (exact) mass is 203 g/mol. The first kappa shape index (κ1) is 9.45. The van der Waals surface area contributed by atoms with Gasteiger partial charge in [0.1, 0.15) is 6.54 Å². The molecule has 4 nitrogen and oxygen atoms in total. The van der Waals surface area contributed by atoms with Crippen molar-refractivity contribution in [3.63, 3.8) is 0 Å². The summed E-state index contributed by atoms with van der Waals surface area (Å²) in [6.07, 6.45) is 0. The Morgan fingerprint density at radius 3 is 2.67 bits per heavy atom. The fourth-order valence-electron chi connectivity index (χ4n) is 1.54. The minimum atomic E-state index is -1.02. The van der Waals surface area contributed by atoms with Crippen molar-refractivity contribution < 1.29 is 9.90 Å². The molecule has 15 heavy (non-hydrogen) atoms. The highest BCUT2D eigenvalue weighted by molar-refractivity contribution is 5.80. The van der Waals surface area contributed by atoms with Crippen LogP contribution in [-0.2, 0) is 11.3 Å². The van der Waals surface area contributed by atoms with Gasteiger partial charge in [0.25, 0.3) is 5.56 Å². The molecule has 2 aromatic rings. The predicted molar refractivity (Wildman–Crippen MR) is 55.8 cm³/mol. The molecular formula is C11H9NO3. The molecule has 0 fully saturated rings. The SMILES string of the molecule is O=C(O)Cn1c(=O)ccc2ccccc21. The summed E-state index contributed by atoms with van der Waals surface area (Å²) in [6.45, 7) is -0.305. The van der Waals surface area contributed by atoms with Crippen LogP contribution >= 0.6 is 0 Å². The number of carboxylic acid groups (broad SMARTS) is 1. The molecule has 0 unspecified atom stereocenters. The Morgan fingerprint density at radius 2 is 1.93 bits per heavy atom. The van der Waals surface area contributed by atoms with Crippen LogP contribution in [0.2, 0.25) is 0 Å². The summed E-state index contributed by atoms with van der Waals surface area (Å²) in [4.78, 5) is 22.1. The second kappa shape index (κ2) is 3.57. The van der Waals surface area contributed by atoms with E-state index >= 15 is 0 Å². The van der Waals surface area contributed by atoms with Gasteiger partial charge in [0, 0.05) is 6.07 Å². The number of hydrogen-bond donors (Lipinski definition) is 1. The van der Waals surface area contributed by atoms with Crippen LogP contribution in [0.1, 0.15) is 0 Å². The van der Waals surface area contributed by atoms with Gasteiger partial charge >= 0.3 is 5.97 Å². The molecule has 0 bridgehead atoms. The maximum Gasteiger partial charge on any atom is 0.323 e. The lowest BCUT2D eigenvalue weighted by atomic mass is 10.2. The number of pyridine rings is 1. The zero-order valence-corrected chi connectivity index (χ0v) is 7.88. The lowest BCUT2D eigenvalue weighted by Crippen LogP contribution is -2.23. The molecule has 76 valence electrons. The van der Waals surface area contributed by atoms with E-state index in [0.717, 1.165) is 5.39 Å². The molecule has 0 spiro atoms. The zero-order valence-electron chi connectivity index (χ0n) is 7.88. The zero-order chi connectivity index (χ0) is 10.8. The van der Waals surface area contributed by atoms with Crippen LogP contribution in [0.3, 0.4) is 0 Å². The van der Waals surface area contributed by atoms with Crippen LogP contribution in [0.5, 0.6) is 0 Å². The Morgan fingerprint density at radius 1 is 1.20 bits per heavy atom. The van der Waals surface area contributed by atoms with Gasteiger partial charge in [-0.1, -0.05) is 18.2 Å². The fourth-order valence-corrected chi connectivity index (χ4v) is 1.54. The highest BCUT2D eigenvalue weighted by Crippen LogP contribution is 2.10. The molecule has 1 aromatic heterocycles. The average molecular weight is 203 g/mol. The van der Waals surface area contributed by atoms with Crippen LogP contribution in [0, 0.1) is 0 Å². The number of carboxylic acids is 1. The minimum absolute atomic E-state index is 0.295. The van der Waals surface area contributed by atoms with E-state index in [1.165, 1.54) is 10.6 Å². The number of aliphatic carboxylic acids is 1. The van der Waals surface area contributed by atoms with Crippen LogP contribution < -0.4 is 5.56 Å². The van der Waals surface area contributed by atoms with Crippen molar-refractivity contribution in [1.29, 1.82) is 0 Å². The highest BCUT2D eigenvalue weighted by atomic mass is 16.4. The first-order chi connectivity index (χ1) is 7.18. The van der Waals surface area contributed by atoms with E-state index in [9.17, 15) is 9.59 Å². The number of benzene rings is 1. The van der Waals surface area contributed by atoms with E-state index in [1.54, 1.807) is 18.2 Å². The maximum absolute atomic E-state index is 11.5. The third kappa shape index (κ3) is 1.74. The van der Waals surface area contributed by atoms with Crippen molar-refractivity contribution in [1.82, 2.24) is 4.57 Å². The molecule has 0 aliphatic rings. The van der Waals surface area contributed by atoms with Crippen molar-refractivity contribution in [2.24, 2.45) is 0 Å². The molecule has 0 amide bonds. The normalized spacial score (nSPS) is 10.4. The lowest BCUT2D eigenvalue weighted by molar-refractivity contribution is -0.137. The van der Waals surface area contributed by atoms with Gasteiger partial charge in [-0.05, 0) is 17.5 Å². The molecule has 0 saturated carbocycles. The molecule has 0 aliphatic carbocycles. The van der Waals surface area contributed by atoms with E-state index in [1.807, 2.05) is 12.1 Å². The summed E-state index contributed by atoms with van der Waals surface area (Å²) in [5, 5.41) is 9.55. The van der Waals surface area contributed by atoms with Gasteiger partial charge in [0.15, 0.2) is 0 Å². The standard InChI is InChI=1S/C11H9NO3/c13-10-6-5-8-3-1-2-4-9(8)12(10)7-11(14)15/h1-6H,7H2,(H,14,15). The Kier molecular flexibility index (Phi) is 2.25. The van der Waals surface area contributed by atoms with Gasteiger partial charge in [0.2, 0.25) is 0 Å². The van der Waals surface area contributed by atoms with Gasteiger partial charge in [-0.3, -0.25) is 14.2 Å². The Bertz CT molecular complexity index is 571. The van der Waals surface area contributed by atoms with Crippen molar-refractivity contribution in [2.75, 3.05) is 0 Å². The van der Waals surface area contributed by atoms with Crippen molar-refractivity contribution in [3.05, 3.63) is 46.8 Å². The Hall–Kier alpha value is -2.10. The quantitative estimate of drug-likeness (QED) is 0.794. The molecule has 0 saturated heterocycles. The summed E-state index contributed by atoms with van der Waals surface area (Å²) in [7, 11) is 0. The summed E-state index contributed by atoms with van der Waals surface area (Å²) < 4.78 is 1.25. The van der Waals surface area contributed by atoms with Gasteiger partial charge in [-0.2, -0.15) is 0 Å². The largest absolute Gasteiger partial charge is 0.480 e. The maximum atomic E-state index is 11.5. The third-order valence-corrected chi connectivity index (χ3v) is 2.19. The topological polar surface area (TPSA) is 59.3 Å². The van der Waals surface area contributed by atoms with Gasteiger partial charge in [0.05, 0.1) is 5.52 Å². The number of hydrogen-bond acceptors (Lipinski definition) is 2. The third-order valence-electron chi connectivity index (χ3n) is 2.19. The van der Waals surface area contributed by atoms with E-state index in [2.05, 4.69) is 0 Å². The van der Waals surface area contributed by atoms with Gasteiger partial charge in [-0.15, -0.1) is 0 Å². The number of fused-ring (bicyclic) bond motifs is 1. The van der Waals surface area contributed by atoms with Crippen LogP contribution in [-0.4, -0.2) is 15.6 Å². The van der Waals surface area contributed by atoms with Crippen LogP contribution in [0.4, 0.5) is 0 Å². The fraction of sp³-hybridized carbons (Fsp3) is 0.0909. The smallest absolute Gasteiger partial charge is 0.323 e. The molecule has 1 aromatic carbocycles. The van der Waals surface area contributed by atoms with Gasteiger partial charge < -0.3 is 5.11 Å². The van der Waals surface area contributed by atoms with Crippen molar-refractivity contribution in [2.45, 2.75) is 6.54 Å². The minimum Gasteiger partial charge on any atom is -0.480 e. The first-order valence-corrected chi connectivity index (χ1v) is 4.49. The van der Waals surface area contributed by atoms with Crippen molar-refractivity contribution in [3.8, 4) is 0 Å². The first-order valence-electron chi connectivity index (χ1n) is 4.49. The number of para-hydroxylation sites is 1. The van der Waals surface area contributed by atoms with E-state index < -0.39 is 5.97 Å². The molecule has 2 rings (SSSR count). The number of aromatic nitrogens is 1. The van der Waals surface area contributed by atoms with Crippen molar-refractivity contribution >= 4 is 16.9 Å². The molecular weight excluding hydrogens is 194 g/mol. The summed E-state index contributed by atoms with van der Waals surface area (Å²) in [5.41, 5.74) is 0.350. The second-order valence-corrected chi connectivity index (χ2v) is 3.21. The molecule has 0 aliphatic heterocycles. The lowest BCUT2D eigenvalue weighted by Gasteiger charge is -2.06.